The molecule has 0 aliphatic carbocycles. The van der Waals surface area contributed by atoms with E-state index in [4.69, 9.17) is 4.74 Å². The molecule has 1 atom stereocenters. The first-order valence-corrected chi connectivity index (χ1v) is 9.27. The van der Waals surface area contributed by atoms with E-state index in [9.17, 15) is 4.79 Å². The second-order valence-electron chi connectivity index (χ2n) is 6.56. The number of hydrogen-bond acceptors (Lipinski definition) is 4. The molecule has 1 aromatic heterocycles. The molecular formula is C23H20N4O2. The number of amides is 1. The summed E-state index contributed by atoms with van der Waals surface area (Å²) in [6.07, 6.45) is 4.38. The molecule has 144 valence electrons. The summed E-state index contributed by atoms with van der Waals surface area (Å²) in [5, 5.41) is 10.5. The predicted molar refractivity (Wildman–Crippen MR) is 113 cm³/mol. The largest absolute Gasteiger partial charge is 0.481 e. The van der Waals surface area contributed by atoms with Gasteiger partial charge in [0, 0.05) is 11.8 Å². The van der Waals surface area contributed by atoms with Gasteiger partial charge in [-0.2, -0.15) is 10.2 Å². The minimum absolute atomic E-state index is 0.329. The van der Waals surface area contributed by atoms with Crippen molar-refractivity contribution in [3.63, 3.8) is 0 Å². The summed E-state index contributed by atoms with van der Waals surface area (Å²) in [5.74, 6) is 0.310. The number of hydrazone groups is 1. The highest BCUT2D eigenvalue weighted by Crippen LogP contribution is 2.21. The Morgan fingerprint density at radius 1 is 1.07 bits per heavy atom. The molecule has 29 heavy (non-hydrogen) atoms. The van der Waals surface area contributed by atoms with Gasteiger partial charge in [0.2, 0.25) is 0 Å². The van der Waals surface area contributed by atoms with Crippen LogP contribution in [0, 0.1) is 0 Å². The van der Waals surface area contributed by atoms with Gasteiger partial charge in [-0.25, -0.2) is 10.1 Å². The Balaban J connectivity index is 1.34. The summed E-state index contributed by atoms with van der Waals surface area (Å²) in [6, 6.07) is 23.5. The van der Waals surface area contributed by atoms with Gasteiger partial charge in [0.25, 0.3) is 5.91 Å². The van der Waals surface area contributed by atoms with Crippen molar-refractivity contribution in [2.75, 3.05) is 0 Å². The van der Waals surface area contributed by atoms with Gasteiger partial charge >= 0.3 is 0 Å². The summed E-state index contributed by atoms with van der Waals surface area (Å²) in [6.45, 7) is 1.69. The van der Waals surface area contributed by atoms with Crippen LogP contribution < -0.4 is 10.2 Å². The van der Waals surface area contributed by atoms with Crippen LogP contribution in [0.25, 0.3) is 16.5 Å². The van der Waals surface area contributed by atoms with Gasteiger partial charge in [-0.3, -0.25) is 4.79 Å². The van der Waals surface area contributed by atoms with Crippen molar-refractivity contribution in [1.82, 2.24) is 15.2 Å². The van der Waals surface area contributed by atoms with Gasteiger partial charge in [0.05, 0.1) is 18.1 Å². The molecule has 4 aromatic rings. The highest BCUT2D eigenvalue weighted by Gasteiger charge is 2.14. The van der Waals surface area contributed by atoms with Crippen molar-refractivity contribution >= 4 is 22.9 Å². The fourth-order valence-corrected chi connectivity index (χ4v) is 2.89. The van der Waals surface area contributed by atoms with Crippen molar-refractivity contribution in [3.05, 3.63) is 90.8 Å². The lowest BCUT2D eigenvalue weighted by Gasteiger charge is -2.13. The van der Waals surface area contributed by atoms with Crippen molar-refractivity contribution in [2.45, 2.75) is 13.0 Å². The summed E-state index contributed by atoms with van der Waals surface area (Å²) < 4.78 is 7.49. The van der Waals surface area contributed by atoms with E-state index in [0.717, 1.165) is 22.0 Å². The third-order valence-electron chi connectivity index (χ3n) is 4.41. The highest BCUT2D eigenvalue weighted by atomic mass is 16.5. The number of carbonyl (C=O) groups is 1. The van der Waals surface area contributed by atoms with E-state index >= 15 is 0 Å². The lowest BCUT2D eigenvalue weighted by molar-refractivity contribution is -0.127. The molecule has 1 N–H and O–H groups in total. The average molecular weight is 384 g/mol. The number of hydrogen-bond donors (Lipinski definition) is 1. The van der Waals surface area contributed by atoms with E-state index in [1.807, 2.05) is 79.0 Å². The number of nitrogens with one attached hydrogen (secondary N) is 1. The van der Waals surface area contributed by atoms with Crippen LogP contribution >= 0.6 is 0 Å². The first-order chi connectivity index (χ1) is 14.2. The Kier molecular flexibility index (Phi) is 5.33. The molecule has 0 fully saturated rings. The number of benzene rings is 3. The Morgan fingerprint density at radius 2 is 1.83 bits per heavy atom. The summed E-state index contributed by atoms with van der Waals surface area (Å²) >= 11 is 0. The van der Waals surface area contributed by atoms with Crippen LogP contribution in [0.3, 0.4) is 0 Å². The molecule has 0 radical (unpaired) electrons. The first kappa shape index (κ1) is 18.4. The maximum Gasteiger partial charge on any atom is 0.280 e. The Morgan fingerprint density at radius 3 is 2.66 bits per heavy atom. The zero-order valence-corrected chi connectivity index (χ0v) is 15.9. The van der Waals surface area contributed by atoms with Gasteiger partial charge in [0.1, 0.15) is 5.75 Å². The van der Waals surface area contributed by atoms with E-state index in [0.29, 0.717) is 5.75 Å². The number of ether oxygens (including phenoxy) is 1. The van der Waals surface area contributed by atoms with Gasteiger partial charge < -0.3 is 4.74 Å². The fraction of sp³-hybridized carbons (Fsp3) is 0.0870. The van der Waals surface area contributed by atoms with Crippen molar-refractivity contribution in [1.29, 1.82) is 0 Å². The lowest BCUT2D eigenvalue weighted by atomic mass is 10.1. The molecule has 4 rings (SSSR count). The zero-order chi connectivity index (χ0) is 20.1. The molecule has 1 amide bonds. The van der Waals surface area contributed by atoms with Crippen LogP contribution in [0.15, 0.2) is 90.3 Å². The fourth-order valence-electron chi connectivity index (χ4n) is 2.89. The average Bonchev–Trinajstić information content (AvgIpc) is 3.23. The summed E-state index contributed by atoms with van der Waals surface area (Å²) in [4.78, 5) is 12.3. The summed E-state index contributed by atoms with van der Waals surface area (Å²) in [5.41, 5.74) is 4.23. The van der Waals surface area contributed by atoms with Crippen molar-refractivity contribution in [2.24, 2.45) is 5.10 Å². The Hall–Kier alpha value is -3.93. The molecule has 0 bridgehead atoms. The van der Waals surface area contributed by atoms with Crippen molar-refractivity contribution in [3.8, 4) is 11.4 Å². The standard InChI is InChI=1S/C23H20N4O2/c1-17(29-22-12-11-19-7-5-6-8-20(19)13-22)23(28)26-24-14-18-15-25-27(16-18)21-9-3-2-4-10-21/h2-17H,1H3,(H,26,28)/b24-14-/t17-/m0/s1. The maximum absolute atomic E-state index is 12.3. The molecule has 0 aliphatic rings. The molecule has 6 nitrogen and oxygen atoms in total. The minimum Gasteiger partial charge on any atom is -0.481 e. The first-order valence-electron chi connectivity index (χ1n) is 9.27. The van der Waals surface area contributed by atoms with Gasteiger partial charge in [-0.05, 0) is 42.0 Å². The molecule has 6 heteroatoms. The second-order valence-corrected chi connectivity index (χ2v) is 6.56. The van der Waals surface area contributed by atoms with E-state index in [1.165, 1.54) is 0 Å². The smallest absolute Gasteiger partial charge is 0.280 e. The molecule has 0 aliphatic heterocycles. The molecule has 0 spiro atoms. The predicted octanol–water partition coefficient (Wildman–Crippen LogP) is 3.94. The summed E-state index contributed by atoms with van der Waals surface area (Å²) in [7, 11) is 0. The SMILES string of the molecule is C[C@H](Oc1ccc2ccccc2c1)C(=O)N/N=C\c1cnn(-c2ccccc2)c1. The number of para-hydroxylation sites is 1. The van der Waals surface area contributed by atoms with E-state index in [2.05, 4.69) is 15.6 Å². The topological polar surface area (TPSA) is 68.5 Å². The number of nitrogens with zero attached hydrogens (tertiary/aromatic N) is 3. The van der Waals surface area contributed by atoms with Gasteiger partial charge in [-0.1, -0.05) is 48.5 Å². The maximum atomic E-state index is 12.3. The Bertz CT molecular complexity index is 1150. The van der Waals surface area contributed by atoms with Crippen LogP contribution in [0.1, 0.15) is 12.5 Å². The molecule has 0 saturated carbocycles. The number of rotatable bonds is 6. The van der Waals surface area contributed by atoms with Crippen molar-refractivity contribution < 1.29 is 9.53 Å². The molecule has 0 unspecified atom stereocenters. The van der Waals surface area contributed by atoms with E-state index in [-0.39, 0.29) is 5.91 Å². The lowest BCUT2D eigenvalue weighted by Crippen LogP contribution is -2.33. The van der Waals surface area contributed by atoms with Crippen LogP contribution in [0.2, 0.25) is 0 Å². The van der Waals surface area contributed by atoms with Crippen LogP contribution in [0.5, 0.6) is 5.75 Å². The van der Waals surface area contributed by atoms with Gasteiger partial charge in [0.15, 0.2) is 6.10 Å². The van der Waals surface area contributed by atoms with Crippen LogP contribution in [0.4, 0.5) is 0 Å². The number of fused-ring (bicyclic) bond motifs is 1. The number of carbonyl (C=O) groups excluding carboxylic acids is 1. The molecule has 3 aromatic carbocycles. The third kappa shape index (κ3) is 4.50. The minimum atomic E-state index is -0.680. The van der Waals surface area contributed by atoms with Crippen LogP contribution in [-0.2, 0) is 4.79 Å². The Labute approximate surface area is 168 Å². The van der Waals surface area contributed by atoms with Gasteiger partial charge in [-0.15, -0.1) is 0 Å². The highest BCUT2D eigenvalue weighted by molar-refractivity contribution is 5.85. The van der Waals surface area contributed by atoms with E-state index in [1.54, 1.807) is 24.0 Å². The quantitative estimate of drug-likeness (QED) is 0.404. The molecular weight excluding hydrogens is 364 g/mol. The molecule has 1 heterocycles. The third-order valence-corrected chi connectivity index (χ3v) is 4.41. The number of aromatic nitrogens is 2. The zero-order valence-electron chi connectivity index (χ0n) is 15.9. The van der Waals surface area contributed by atoms with E-state index < -0.39 is 6.10 Å². The normalized spacial score (nSPS) is 12.2. The van der Waals surface area contributed by atoms with Crippen LogP contribution in [-0.4, -0.2) is 28.0 Å². The monoisotopic (exact) mass is 384 g/mol. The second kappa shape index (κ2) is 8.39. The molecule has 0 saturated heterocycles.